The molecule has 1 rings (SSSR count). The molecule has 0 heterocycles. The zero-order valence-electron chi connectivity index (χ0n) is 8.68. The van der Waals surface area contributed by atoms with Gasteiger partial charge >= 0.3 is 5.69 Å². The number of hydrogen-bond acceptors (Lipinski definition) is 5. The molecule has 0 aromatic heterocycles. The Kier molecular flexibility index (Phi) is 3.20. The molecule has 0 aliphatic heterocycles. The Morgan fingerprint density at radius 3 is 2.56 bits per heavy atom. The number of ether oxygens (including phenoxy) is 1. The van der Waals surface area contributed by atoms with Gasteiger partial charge in [0.15, 0.2) is 5.78 Å². The van der Waals surface area contributed by atoms with Crippen LogP contribution in [0.3, 0.4) is 0 Å². The van der Waals surface area contributed by atoms with Crippen LogP contribution in [0.4, 0.5) is 5.69 Å². The fourth-order valence-electron chi connectivity index (χ4n) is 1.36. The summed E-state index contributed by atoms with van der Waals surface area (Å²) in [5, 5.41) is 19.5. The number of carbonyl (C=O) groups is 1. The maximum absolute atomic E-state index is 11.3. The minimum atomic E-state index is -0.660. The lowest BCUT2D eigenvalue weighted by atomic mass is 10.0. The van der Waals surface area contributed by atoms with Crippen molar-refractivity contribution in [1.29, 1.82) is 5.26 Å². The van der Waals surface area contributed by atoms with Gasteiger partial charge in [-0.05, 0) is 13.0 Å². The van der Waals surface area contributed by atoms with Gasteiger partial charge in [0.05, 0.1) is 23.2 Å². The van der Waals surface area contributed by atoms with Gasteiger partial charge in [0.1, 0.15) is 6.07 Å². The van der Waals surface area contributed by atoms with Crippen LogP contribution in [0.1, 0.15) is 22.8 Å². The number of carbonyl (C=O) groups excluding carboxylic acids is 1. The van der Waals surface area contributed by atoms with Crippen molar-refractivity contribution in [2.75, 3.05) is 7.11 Å². The number of nitro benzene ring substituents is 1. The summed E-state index contributed by atoms with van der Waals surface area (Å²) in [5.74, 6) is -0.617. The minimum Gasteiger partial charge on any atom is -0.490 e. The van der Waals surface area contributed by atoms with Gasteiger partial charge in [-0.1, -0.05) is 0 Å². The molecule has 0 fully saturated rings. The largest absolute Gasteiger partial charge is 0.490 e. The summed E-state index contributed by atoms with van der Waals surface area (Å²) in [4.78, 5) is 21.4. The predicted octanol–water partition coefficient (Wildman–Crippen LogP) is 1.68. The third kappa shape index (κ3) is 1.83. The van der Waals surface area contributed by atoms with Crippen molar-refractivity contribution in [3.63, 3.8) is 0 Å². The lowest BCUT2D eigenvalue weighted by molar-refractivity contribution is -0.385. The van der Waals surface area contributed by atoms with E-state index in [0.717, 1.165) is 6.07 Å². The summed E-state index contributed by atoms with van der Waals surface area (Å²) in [7, 11) is 1.22. The highest BCUT2D eigenvalue weighted by atomic mass is 16.6. The maximum Gasteiger partial charge on any atom is 0.311 e. The monoisotopic (exact) mass is 220 g/mol. The lowest BCUT2D eigenvalue weighted by Crippen LogP contribution is -2.04. The summed E-state index contributed by atoms with van der Waals surface area (Å²) in [6.45, 7) is 1.22. The molecule has 0 unspecified atom stereocenters. The van der Waals surface area contributed by atoms with Crippen LogP contribution in [-0.4, -0.2) is 17.8 Å². The van der Waals surface area contributed by atoms with E-state index in [2.05, 4.69) is 0 Å². The second-order valence-corrected chi connectivity index (χ2v) is 2.97. The average Bonchev–Trinajstić information content (AvgIpc) is 2.26. The van der Waals surface area contributed by atoms with Crippen LogP contribution in [-0.2, 0) is 0 Å². The van der Waals surface area contributed by atoms with E-state index in [1.54, 1.807) is 6.07 Å². The normalized spacial score (nSPS) is 9.31. The van der Waals surface area contributed by atoms with Gasteiger partial charge in [-0.2, -0.15) is 5.26 Å². The number of hydrogen-bond donors (Lipinski definition) is 0. The molecule has 0 radical (unpaired) electrons. The Labute approximate surface area is 91.2 Å². The van der Waals surface area contributed by atoms with Crippen molar-refractivity contribution in [2.24, 2.45) is 0 Å². The van der Waals surface area contributed by atoms with E-state index in [4.69, 9.17) is 10.00 Å². The maximum atomic E-state index is 11.3. The van der Waals surface area contributed by atoms with Crippen molar-refractivity contribution < 1.29 is 14.5 Å². The molecular weight excluding hydrogens is 212 g/mol. The lowest BCUT2D eigenvalue weighted by Gasteiger charge is -2.07. The molecule has 0 amide bonds. The smallest absolute Gasteiger partial charge is 0.311 e. The first-order chi connectivity index (χ1) is 7.52. The number of benzene rings is 1. The first-order valence-corrected chi connectivity index (χ1v) is 4.29. The van der Waals surface area contributed by atoms with Crippen LogP contribution in [0.15, 0.2) is 12.1 Å². The van der Waals surface area contributed by atoms with Crippen LogP contribution in [0.25, 0.3) is 0 Å². The molecule has 0 spiro atoms. The molecule has 82 valence electrons. The number of rotatable bonds is 3. The average molecular weight is 220 g/mol. The summed E-state index contributed by atoms with van der Waals surface area (Å²) >= 11 is 0. The Balaban J connectivity index is 3.64. The van der Waals surface area contributed by atoms with Gasteiger partial charge in [0.25, 0.3) is 0 Å². The molecule has 0 aliphatic rings. The fourth-order valence-corrected chi connectivity index (χ4v) is 1.36. The van der Waals surface area contributed by atoms with Crippen molar-refractivity contribution in [3.05, 3.63) is 33.4 Å². The van der Waals surface area contributed by atoms with Crippen LogP contribution >= 0.6 is 0 Å². The zero-order valence-corrected chi connectivity index (χ0v) is 8.68. The van der Waals surface area contributed by atoms with Crippen molar-refractivity contribution in [3.8, 4) is 11.8 Å². The van der Waals surface area contributed by atoms with E-state index in [9.17, 15) is 14.9 Å². The minimum absolute atomic E-state index is 0.0563. The van der Waals surface area contributed by atoms with E-state index in [1.807, 2.05) is 0 Å². The van der Waals surface area contributed by atoms with E-state index in [1.165, 1.54) is 20.1 Å². The van der Waals surface area contributed by atoms with Gasteiger partial charge < -0.3 is 4.74 Å². The molecule has 0 saturated carbocycles. The highest BCUT2D eigenvalue weighted by Crippen LogP contribution is 2.33. The molecule has 0 N–H and O–H groups in total. The molecule has 6 heteroatoms. The Morgan fingerprint density at radius 2 is 2.19 bits per heavy atom. The zero-order chi connectivity index (χ0) is 12.3. The molecule has 0 aliphatic carbocycles. The van der Waals surface area contributed by atoms with Gasteiger partial charge in [-0.3, -0.25) is 14.9 Å². The Morgan fingerprint density at radius 1 is 1.56 bits per heavy atom. The number of Topliss-reactive ketones (excluding diaryl/α,β-unsaturated/α-hetero) is 1. The third-order valence-corrected chi connectivity index (χ3v) is 2.01. The number of nitrogens with zero attached hydrogens (tertiary/aromatic N) is 2. The summed E-state index contributed by atoms with van der Waals surface area (Å²) in [6.07, 6.45) is 0. The highest BCUT2D eigenvalue weighted by molar-refractivity contribution is 6.00. The van der Waals surface area contributed by atoms with Gasteiger partial charge in [0.2, 0.25) is 5.75 Å². The summed E-state index contributed by atoms with van der Waals surface area (Å²) < 4.78 is 4.83. The molecule has 1 aromatic carbocycles. The van der Waals surface area contributed by atoms with Crippen LogP contribution < -0.4 is 4.74 Å². The first kappa shape index (κ1) is 11.7. The van der Waals surface area contributed by atoms with Gasteiger partial charge in [-0.25, -0.2) is 0 Å². The van der Waals surface area contributed by atoms with Crippen molar-refractivity contribution >= 4 is 11.5 Å². The van der Waals surface area contributed by atoms with Crippen LogP contribution in [0, 0.1) is 21.4 Å². The standard InChI is InChI=1S/C10H8N2O4/c1-6(13)9-7(5-11)3-4-8(12(14)15)10(9)16-2/h3-4H,1-2H3. The summed E-state index contributed by atoms with van der Waals surface area (Å²) in [5.41, 5.74) is -0.319. The second kappa shape index (κ2) is 4.40. The molecule has 0 bridgehead atoms. The Bertz CT molecular complexity index is 502. The highest BCUT2D eigenvalue weighted by Gasteiger charge is 2.24. The Hall–Kier alpha value is -2.42. The molecule has 0 atom stereocenters. The van der Waals surface area contributed by atoms with Crippen LogP contribution in [0.5, 0.6) is 5.75 Å². The molecule has 6 nitrogen and oxygen atoms in total. The van der Waals surface area contributed by atoms with Crippen molar-refractivity contribution in [2.45, 2.75) is 6.92 Å². The first-order valence-electron chi connectivity index (χ1n) is 4.29. The quantitative estimate of drug-likeness (QED) is 0.438. The van der Waals surface area contributed by atoms with E-state index in [-0.39, 0.29) is 22.6 Å². The molecule has 0 saturated heterocycles. The third-order valence-electron chi connectivity index (χ3n) is 2.01. The SMILES string of the molecule is COc1c([N+](=O)[O-])ccc(C#N)c1C(C)=O. The van der Waals surface area contributed by atoms with Crippen LogP contribution in [0.2, 0.25) is 0 Å². The number of nitro groups is 1. The van der Waals surface area contributed by atoms with Gasteiger partial charge in [0, 0.05) is 6.07 Å². The summed E-state index contributed by atoms with van der Waals surface area (Å²) in [6, 6.07) is 4.17. The van der Waals surface area contributed by atoms with E-state index >= 15 is 0 Å². The number of methoxy groups -OCH3 is 1. The molecule has 16 heavy (non-hydrogen) atoms. The van der Waals surface area contributed by atoms with Gasteiger partial charge in [-0.15, -0.1) is 0 Å². The molecule has 1 aromatic rings. The van der Waals surface area contributed by atoms with E-state index < -0.39 is 10.7 Å². The van der Waals surface area contributed by atoms with E-state index in [0.29, 0.717) is 0 Å². The predicted molar refractivity (Wildman–Crippen MR) is 54.4 cm³/mol. The van der Waals surface area contributed by atoms with Crippen molar-refractivity contribution in [1.82, 2.24) is 0 Å². The number of nitriles is 1. The fraction of sp³-hybridized carbons (Fsp3) is 0.200. The number of ketones is 1. The second-order valence-electron chi connectivity index (χ2n) is 2.97. The molecular formula is C10H8N2O4. The topological polar surface area (TPSA) is 93.2 Å².